The van der Waals surface area contributed by atoms with E-state index in [1.54, 1.807) is 12.4 Å². The molecule has 1 aromatic carbocycles. The first-order valence-corrected chi connectivity index (χ1v) is 10.7. The Bertz CT molecular complexity index is 831. The molecule has 4 nitrogen and oxygen atoms in total. The topological polar surface area (TPSA) is 53.4 Å². The van der Waals surface area contributed by atoms with Crippen LogP contribution in [0.2, 0.25) is 10.0 Å². The van der Waals surface area contributed by atoms with E-state index in [0.717, 1.165) is 55.3 Å². The van der Waals surface area contributed by atoms with E-state index >= 15 is 0 Å². The van der Waals surface area contributed by atoms with Gasteiger partial charge in [-0.15, -0.1) is 12.4 Å². The zero-order chi connectivity index (χ0) is 19.7. The molecule has 2 fully saturated rings. The van der Waals surface area contributed by atoms with Crippen LogP contribution < -0.4 is 0 Å². The molecule has 1 saturated carbocycles. The zero-order valence-corrected chi connectivity index (χ0v) is 18.4. The third kappa shape index (κ3) is 4.88. The lowest BCUT2D eigenvalue weighted by Crippen LogP contribution is -2.41. The van der Waals surface area contributed by atoms with Crippen LogP contribution in [0.5, 0.6) is 0 Å². The molecule has 1 saturated heterocycles. The number of carbonyl (C=O) groups excluding carboxylic acids is 1. The second kappa shape index (κ2) is 9.65. The van der Waals surface area contributed by atoms with Gasteiger partial charge in [0.15, 0.2) is 0 Å². The molecule has 0 spiro atoms. The lowest BCUT2D eigenvalue weighted by atomic mass is 9.92. The first-order valence-electron chi connectivity index (χ1n) is 9.90. The van der Waals surface area contributed by atoms with Crippen LogP contribution in [0.1, 0.15) is 37.7 Å². The SMILES string of the molecule is Cl.O=C1C(Cc2c(Cl)cc(-c3ccncc3)cc2Cl)CCN1[C@H]1CC[C@@H](O)CC1. The van der Waals surface area contributed by atoms with Gasteiger partial charge < -0.3 is 10.0 Å². The second-order valence-electron chi connectivity index (χ2n) is 7.84. The Labute approximate surface area is 187 Å². The maximum atomic E-state index is 13.0. The molecule has 0 bridgehead atoms. The number of rotatable bonds is 4. The minimum Gasteiger partial charge on any atom is -0.393 e. The van der Waals surface area contributed by atoms with Gasteiger partial charge in [-0.1, -0.05) is 23.2 Å². The average Bonchev–Trinajstić information content (AvgIpc) is 3.06. The van der Waals surface area contributed by atoms with Gasteiger partial charge in [-0.25, -0.2) is 0 Å². The van der Waals surface area contributed by atoms with Crippen LogP contribution in [-0.4, -0.2) is 39.6 Å². The number of hydrogen-bond acceptors (Lipinski definition) is 3. The molecule has 1 aliphatic carbocycles. The number of aromatic nitrogens is 1. The van der Waals surface area contributed by atoms with Gasteiger partial charge in [-0.3, -0.25) is 9.78 Å². The fourth-order valence-corrected chi connectivity index (χ4v) is 5.08. The van der Waals surface area contributed by atoms with E-state index in [4.69, 9.17) is 23.2 Å². The summed E-state index contributed by atoms with van der Waals surface area (Å²) in [6, 6.07) is 7.93. The van der Waals surface area contributed by atoms with Crippen molar-refractivity contribution in [2.24, 2.45) is 5.92 Å². The van der Waals surface area contributed by atoms with Crippen LogP contribution in [0.3, 0.4) is 0 Å². The van der Waals surface area contributed by atoms with Crippen molar-refractivity contribution in [3.63, 3.8) is 0 Å². The van der Waals surface area contributed by atoms with Gasteiger partial charge in [-0.2, -0.15) is 0 Å². The van der Waals surface area contributed by atoms with E-state index in [9.17, 15) is 9.90 Å². The Morgan fingerprint density at radius 2 is 1.62 bits per heavy atom. The first kappa shape index (κ1) is 22.4. The molecule has 0 radical (unpaired) electrons. The third-order valence-corrected chi connectivity index (χ3v) is 6.74. The Kier molecular flexibility index (Phi) is 7.44. The van der Waals surface area contributed by atoms with Crippen molar-refractivity contribution in [3.8, 4) is 11.1 Å². The number of hydrogen-bond donors (Lipinski definition) is 1. The van der Waals surface area contributed by atoms with E-state index in [-0.39, 0.29) is 36.4 Å². The number of halogens is 3. The lowest BCUT2D eigenvalue weighted by molar-refractivity contribution is -0.133. The van der Waals surface area contributed by atoms with Crippen LogP contribution >= 0.6 is 35.6 Å². The second-order valence-corrected chi connectivity index (χ2v) is 8.65. The third-order valence-electron chi connectivity index (χ3n) is 6.06. The molecule has 4 rings (SSSR count). The highest BCUT2D eigenvalue weighted by atomic mass is 35.5. The smallest absolute Gasteiger partial charge is 0.226 e. The van der Waals surface area contributed by atoms with Gasteiger partial charge in [0.25, 0.3) is 0 Å². The Morgan fingerprint density at radius 1 is 1.00 bits per heavy atom. The van der Waals surface area contributed by atoms with Crippen molar-refractivity contribution in [1.29, 1.82) is 0 Å². The molecular weight excluding hydrogens is 431 g/mol. The van der Waals surface area contributed by atoms with Crippen LogP contribution in [-0.2, 0) is 11.2 Å². The molecule has 1 N–H and O–H groups in total. The normalized spacial score (nSPS) is 24.4. The molecule has 7 heteroatoms. The molecule has 29 heavy (non-hydrogen) atoms. The molecule has 2 aliphatic rings. The van der Waals surface area contributed by atoms with Crippen LogP contribution in [0.15, 0.2) is 36.7 Å². The minimum atomic E-state index is -0.207. The molecule has 1 amide bonds. The van der Waals surface area contributed by atoms with Crippen molar-refractivity contribution < 1.29 is 9.90 Å². The minimum absolute atomic E-state index is 0. The van der Waals surface area contributed by atoms with E-state index in [1.165, 1.54) is 0 Å². The molecule has 1 unspecified atom stereocenters. The first-order chi connectivity index (χ1) is 13.5. The van der Waals surface area contributed by atoms with Crippen LogP contribution in [0.4, 0.5) is 0 Å². The van der Waals surface area contributed by atoms with Gasteiger partial charge in [0, 0.05) is 40.9 Å². The fraction of sp³-hybridized carbons (Fsp3) is 0.455. The summed E-state index contributed by atoms with van der Waals surface area (Å²) in [7, 11) is 0. The van der Waals surface area contributed by atoms with E-state index in [2.05, 4.69) is 4.98 Å². The molecule has 2 heterocycles. The van der Waals surface area contributed by atoms with Crippen molar-refractivity contribution >= 4 is 41.5 Å². The highest BCUT2D eigenvalue weighted by Crippen LogP contribution is 2.36. The number of benzene rings is 1. The number of nitrogens with zero attached hydrogens (tertiary/aromatic N) is 2. The Balaban J connectivity index is 0.00000240. The van der Waals surface area contributed by atoms with Crippen molar-refractivity contribution in [3.05, 3.63) is 52.3 Å². The maximum absolute atomic E-state index is 13.0. The van der Waals surface area contributed by atoms with E-state index < -0.39 is 0 Å². The van der Waals surface area contributed by atoms with E-state index in [0.29, 0.717) is 16.5 Å². The summed E-state index contributed by atoms with van der Waals surface area (Å²) >= 11 is 13.1. The summed E-state index contributed by atoms with van der Waals surface area (Å²) in [5.41, 5.74) is 2.80. The number of carbonyl (C=O) groups is 1. The molecule has 1 atom stereocenters. The van der Waals surface area contributed by atoms with Crippen LogP contribution in [0.25, 0.3) is 11.1 Å². The van der Waals surface area contributed by atoms with Gasteiger partial charge >= 0.3 is 0 Å². The van der Waals surface area contributed by atoms with Crippen molar-refractivity contribution in [1.82, 2.24) is 9.88 Å². The van der Waals surface area contributed by atoms with Crippen LogP contribution in [0, 0.1) is 5.92 Å². The highest BCUT2D eigenvalue weighted by Gasteiger charge is 2.37. The van der Waals surface area contributed by atoms with Gasteiger partial charge in [0.1, 0.15) is 0 Å². The standard InChI is InChI=1S/C22H24Cl2N2O2.ClH/c23-20-12-16(14-5-8-25-9-6-14)13-21(24)19(20)11-15-7-10-26(22(15)28)17-1-3-18(27)4-2-17;/h5-6,8-9,12-13,15,17-18,27H,1-4,7,10-11H2;1H/t15?,17-,18+;. The summed E-state index contributed by atoms with van der Waals surface area (Å²) in [5.74, 6) is 0.125. The predicted molar refractivity (Wildman–Crippen MR) is 119 cm³/mol. The molecule has 1 aromatic heterocycles. The summed E-state index contributed by atoms with van der Waals surface area (Å²) in [5, 5.41) is 10.9. The van der Waals surface area contributed by atoms with Crippen molar-refractivity contribution in [2.45, 2.75) is 50.7 Å². The Morgan fingerprint density at radius 3 is 2.24 bits per heavy atom. The summed E-state index contributed by atoms with van der Waals surface area (Å²) in [6.07, 6.45) is 8.02. The molecule has 1 aliphatic heterocycles. The van der Waals surface area contributed by atoms with Crippen molar-refractivity contribution in [2.75, 3.05) is 6.54 Å². The fourth-order valence-electron chi connectivity index (χ4n) is 4.44. The largest absolute Gasteiger partial charge is 0.393 e. The monoisotopic (exact) mass is 454 g/mol. The average molecular weight is 456 g/mol. The zero-order valence-electron chi connectivity index (χ0n) is 16.1. The summed E-state index contributed by atoms with van der Waals surface area (Å²) in [4.78, 5) is 19.0. The highest BCUT2D eigenvalue weighted by molar-refractivity contribution is 6.36. The van der Waals surface area contributed by atoms with Gasteiger partial charge in [-0.05, 0) is 79.5 Å². The Hall–Kier alpha value is -1.33. The summed E-state index contributed by atoms with van der Waals surface area (Å²) in [6.45, 7) is 0.786. The quantitative estimate of drug-likeness (QED) is 0.692. The number of likely N-dealkylation sites (tertiary alicyclic amines) is 1. The number of aliphatic hydroxyl groups excluding tert-OH is 1. The van der Waals surface area contributed by atoms with E-state index in [1.807, 2.05) is 29.2 Å². The van der Waals surface area contributed by atoms with Gasteiger partial charge in [0.05, 0.1) is 6.10 Å². The van der Waals surface area contributed by atoms with Gasteiger partial charge in [0.2, 0.25) is 5.91 Å². The molecule has 156 valence electrons. The number of pyridine rings is 1. The maximum Gasteiger partial charge on any atom is 0.226 e. The lowest BCUT2D eigenvalue weighted by Gasteiger charge is -2.33. The number of amides is 1. The predicted octanol–water partition coefficient (Wildman–Crippen LogP) is 5.17. The molecular formula is C22H25Cl3N2O2. The molecule has 2 aromatic rings. The summed E-state index contributed by atoms with van der Waals surface area (Å²) < 4.78 is 0. The number of aliphatic hydroxyl groups is 1.